The van der Waals surface area contributed by atoms with Crippen molar-refractivity contribution < 1.29 is 5.11 Å². The molecular weight excluding hydrogens is 292 g/mol. The number of aromatic nitrogens is 2. The molecule has 2 saturated heterocycles. The van der Waals surface area contributed by atoms with Gasteiger partial charge in [0, 0.05) is 45.8 Å². The van der Waals surface area contributed by atoms with Gasteiger partial charge in [-0.15, -0.1) is 0 Å². The van der Waals surface area contributed by atoms with Crippen molar-refractivity contribution in [2.75, 3.05) is 68.0 Å². The summed E-state index contributed by atoms with van der Waals surface area (Å²) in [7, 11) is 0. The van der Waals surface area contributed by atoms with Crippen LogP contribution in [0.15, 0.2) is 6.33 Å². The molecule has 0 amide bonds. The summed E-state index contributed by atoms with van der Waals surface area (Å²) in [4.78, 5) is 15.7. The number of nitrogen functional groups attached to an aromatic ring is 1. The van der Waals surface area contributed by atoms with Crippen molar-refractivity contribution in [1.29, 1.82) is 0 Å². The highest BCUT2D eigenvalue weighted by molar-refractivity contribution is 5.75. The third kappa shape index (κ3) is 3.84. The molecule has 7 nitrogen and oxygen atoms in total. The van der Waals surface area contributed by atoms with Crippen LogP contribution in [0.2, 0.25) is 0 Å². The van der Waals surface area contributed by atoms with Gasteiger partial charge in [0.2, 0.25) is 0 Å². The van der Waals surface area contributed by atoms with E-state index >= 15 is 0 Å². The van der Waals surface area contributed by atoms with Crippen molar-refractivity contribution in [1.82, 2.24) is 14.9 Å². The molecule has 0 bridgehead atoms. The Morgan fingerprint density at radius 1 is 0.870 bits per heavy atom. The molecule has 1 aromatic heterocycles. The minimum absolute atomic E-state index is 0.217. The molecule has 2 fully saturated rings. The SMILES string of the molecule is Nc1c(N2CCCCCC2)ncnc1N1CCN(CCO)CC1. The molecule has 0 spiro atoms. The first-order valence-corrected chi connectivity index (χ1v) is 8.73. The maximum atomic E-state index is 9.05. The van der Waals surface area contributed by atoms with Crippen molar-refractivity contribution in [3.63, 3.8) is 0 Å². The number of rotatable bonds is 4. The number of hydrogen-bond donors (Lipinski definition) is 2. The number of aliphatic hydroxyl groups excluding tert-OH is 1. The van der Waals surface area contributed by atoms with Crippen LogP contribution < -0.4 is 15.5 Å². The average Bonchev–Trinajstić information content (AvgIpc) is 2.85. The fourth-order valence-corrected chi connectivity index (χ4v) is 3.49. The van der Waals surface area contributed by atoms with Crippen molar-refractivity contribution in [2.45, 2.75) is 25.7 Å². The highest BCUT2D eigenvalue weighted by atomic mass is 16.3. The Balaban J connectivity index is 1.72. The summed E-state index contributed by atoms with van der Waals surface area (Å²) < 4.78 is 0. The Bertz CT molecular complexity index is 495. The summed E-state index contributed by atoms with van der Waals surface area (Å²) >= 11 is 0. The molecule has 7 heteroatoms. The van der Waals surface area contributed by atoms with Gasteiger partial charge in [-0.25, -0.2) is 9.97 Å². The lowest BCUT2D eigenvalue weighted by Crippen LogP contribution is -2.47. The van der Waals surface area contributed by atoms with Crippen LogP contribution in [-0.4, -0.2) is 72.4 Å². The summed E-state index contributed by atoms with van der Waals surface area (Å²) in [5, 5.41) is 9.05. The largest absolute Gasteiger partial charge is 0.395 e. The molecule has 0 unspecified atom stereocenters. The Hall–Kier alpha value is -1.60. The van der Waals surface area contributed by atoms with Gasteiger partial charge in [0.05, 0.1) is 6.61 Å². The van der Waals surface area contributed by atoms with Gasteiger partial charge in [0.1, 0.15) is 12.0 Å². The van der Waals surface area contributed by atoms with Gasteiger partial charge in [0.15, 0.2) is 11.6 Å². The molecule has 0 saturated carbocycles. The summed E-state index contributed by atoms with van der Waals surface area (Å²) in [6.45, 7) is 6.67. The fourth-order valence-electron chi connectivity index (χ4n) is 3.49. The van der Waals surface area contributed by atoms with Gasteiger partial charge in [-0.05, 0) is 12.8 Å². The van der Waals surface area contributed by atoms with Crippen LogP contribution in [0.4, 0.5) is 17.3 Å². The Kier molecular flexibility index (Phi) is 5.51. The Morgan fingerprint density at radius 2 is 1.43 bits per heavy atom. The number of aliphatic hydroxyl groups is 1. The molecule has 23 heavy (non-hydrogen) atoms. The minimum Gasteiger partial charge on any atom is -0.395 e. The molecular formula is C16H28N6O. The first-order chi connectivity index (χ1) is 11.3. The smallest absolute Gasteiger partial charge is 0.157 e. The minimum atomic E-state index is 0.217. The molecule has 0 aliphatic carbocycles. The van der Waals surface area contributed by atoms with E-state index in [0.29, 0.717) is 5.69 Å². The molecule has 3 rings (SSSR count). The number of nitrogens with zero attached hydrogens (tertiary/aromatic N) is 5. The lowest BCUT2D eigenvalue weighted by Gasteiger charge is -2.36. The van der Waals surface area contributed by atoms with E-state index < -0.39 is 0 Å². The van der Waals surface area contributed by atoms with E-state index in [1.165, 1.54) is 25.7 Å². The maximum Gasteiger partial charge on any atom is 0.157 e. The van der Waals surface area contributed by atoms with Crippen LogP contribution in [0.5, 0.6) is 0 Å². The van der Waals surface area contributed by atoms with Gasteiger partial charge in [-0.3, -0.25) is 4.90 Å². The third-order valence-electron chi connectivity index (χ3n) is 4.84. The van der Waals surface area contributed by atoms with Crippen LogP contribution in [0.1, 0.15) is 25.7 Å². The van der Waals surface area contributed by atoms with E-state index in [2.05, 4.69) is 24.7 Å². The zero-order valence-electron chi connectivity index (χ0n) is 13.8. The molecule has 3 heterocycles. The Morgan fingerprint density at radius 3 is 2.00 bits per heavy atom. The Labute approximate surface area is 138 Å². The van der Waals surface area contributed by atoms with Crippen LogP contribution in [0.25, 0.3) is 0 Å². The number of hydrogen-bond acceptors (Lipinski definition) is 7. The lowest BCUT2D eigenvalue weighted by atomic mass is 10.2. The first-order valence-electron chi connectivity index (χ1n) is 8.73. The molecule has 0 atom stereocenters. The van der Waals surface area contributed by atoms with Gasteiger partial charge < -0.3 is 20.6 Å². The van der Waals surface area contributed by atoms with E-state index in [-0.39, 0.29) is 6.61 Å². The van der Waals surface area contributed by atoms with Crippen molar-refractivity contribution in [2.24, 2.45) is 0 Å². The number of β-amino-alcohol motifs (C(OH)–C–C–N with tert-alkyl or cyclic N) is 1. The standard InChI is InChI=1S/C16H28N6O/c17-14-15(21-5-3-1-2-4-6-21)18-13-19-16(14)22-9-7-20(8-10-22)11-12-23/h13,23H,1-12,17H2. The van der Waals surface area contributed by atoms with Crippen molar-refractivity contribution in [3.8, 4) is 0 Å². The zero-order valence-corrected chi connectivity index (χ0v) is 13.8. The highest BCUT2D eigenvalue weighted by Crippen LogP contribution is 2.30. The predicted molar refractivity (Wildman–Crippen MR) is 92.9 cm³/mol. The molecule has 2 aliphatic heterocycles. The number of piperazine rings is 1. The van der Waals surface area contributed by atoms with Crippen molar-refractivity contribution in [3.05, 3.63) is 6.33 Å². The predicted octanol–water partition coefficient (Wildman–Crippen LogP) is 0.554. The normalized spacial score (nSPS) is 20.6. The van der Waals surface area contributed by atoms with E-state index in [9.17, 15) is 0 Å². The third-order valence-corrected chi connectivity index (χ3v) is 4.84. The van der Waals surface area contributed by atoms with Gasteiger partial charge in [-0.2, -0.15) is 0 Å². The molecule has 0 radical (unpaired) electrons. The molecule has 2 aliphatic rings. The quantitative estimate of drug-likeness (QED) is 0.838. The topological polar surface area (TPSA) is 81.8 Å². The van der Waals surface area contributed by atoms with Crippen LogP contribution in [0.3, 0.4) is 0 Å². The molecule has 3 N–H and O–H groups in total. The second-order valence-corrected chi connectivity index (χ2v) is 6.39. The van der Waals surface area contributed by atoms with E-state index in [0.717, 1.165) is 57.4 Å². The monoisotopic (exact) mass is 320 g/mol. The average molecular weight is 320 g/mol. The van der Waals surface area contributed by atoms with Gasteiger partial charge >= 0.3 is 0 Å². The fraction of sp³-hybridized carbons (Fsp3) is 0.750. The lowest BCUT2D eigenvalue weighted by molar-refractivity contribution is 0.188. The van der Waals surface area contributed by atoms with Gasteiger partial charge in [0.25, 0.3) is 0 Å². The summed E-state index contributed by atoms with van der Waals surface area (Å²) in [6.07, 6.45) is 6.64. The van der Waals surface area contributed by atoms with Crippen LogP contribution in [0, 0.1) is 0 Å². The summed E-state index contributed by atoms with van der Waals surface area (Å²) in [5.41, 5.74) is 7.14. The summed E-state index contributed by atoms with van der Waals surface area (Å²) in [5.74, 6) is 1.76. The zero-order chi connectivity index (χ0) is 16.1. The van der Waals surface area contributed by atoms with Crippen LogP contribution in [-0.2, 0) is 0 Å². The molecule has 1 aromatic rings. The van der Waals surface area contributed by atoms with E-state index in [4.69, 9.17) is 10.8 Å². The van der Waals surface area contributed by atoms with Crippen LogP contribution >= 0.6 is 0 Å². The van der Waals surface area contributed by atoms with Gasteiger partial charge in [-0.1, -0.05) is 12.8 Å². The second-order valence-electron chi connectivity index (χ2n) is 6.39. The number of nitrogens with two attached hydrogens (primary N) is 1. The maximum absolute atomic E-state index is 9.05. The summed E-state index contributed by atoms with van der Waals surface area (Å²) in [6, 6.07) is 0. The first kappa shape index (κ1) is 16.3. The number of anilines is 3. The highest BCUT2D eigenvalue weighted by Gasteiger charge is 2.23. The van der Waals surface area contributed by atoms with Crippen molar-refractivity contribution >= 4 is 17.3 Å². The van der Waals surface area contributed by atoms with E-state index in [1.54, 1.807) is 6.33 Å². The van der Waals surface area contributed by atoms with E-state index in [1.807, 2.05) is 0 Å². The second kappa shape index (κ2) is 7.79. The molecule has 128 valence electrons. The molecule has 0 aromatic carbocycles.